The van der Waals surface area contributed by atoms with Crippen LogP contribution in [0.1, 0.15) is 20.8 Å². The van der Waals surface area contributed by atoms with Crippen LogP contribution in [0.15, 0.2) is 0 Å². The summed E-state index contributed by atoms with van der Waals surface area (Å²) in [6, 6.07) is 0. The summed E-state index contributed by atoms with van der Waals surface area (Å²) in [4.78, 5) is 35.6. The minimum absolute atomic E-state index is 0.780. The lowest BCUT2D eigenvalue weighted by Crippen LogP contribution is -2.79. The first kappa shape index (κ1) is 19.1. The fourth-order valence-corrected chi connectivity index (χ4v) is 3.04. The van der Waals surface area contributed by atoms with Crippen LogP contribution in [0.2, 0.25) is 0 Å². The van der Waals surface area contributed by atoms with Crippen molar-refractivity contribution >= 4 is 33.8 Å². The van der Waals surface area contributed by atoms with Crippen molar-refractivity contribution in [1.82, 2.24) is 0 Å². The molecule has 126 valence electrons. The zero-order chi connectivity index (χ0) is 17.3. The van der Waals surface area contributed by atoms with E-state index in [-0.39, 0.29) is 0 Å². The molecule has 0 bridgehead atoms. The fraction of sp³-hybridized carbons (Fsp3) is 0.750. The van der Waals surface area contributed by atoms with E-state index in [1.54, 1.807) is 0 Å². The Bertz CT molecular complexity index is 481. The van der Waals surface area contributed by atoms with Gasteiger partial charge in [0, 0.05) is 13.8 Å². The van der Waals surface area contributed by atoms with Crippen molar-refractivity contribution in [3.63, 3.8) is 0 Å². The summed E-state index contributed by atoms with van der Waals surface area (Å²) in [6.45, 7) is 2.07. The highest BCUT2D eigenvalue weighted by Gasteiger charge is 2.73. The van der Waals surface area contributed by atoms with Crippen LogP contribution in [-0.2, 0) is 27.7 Å². The smallest absolute Gasteiger partial charge is 0.303 e. The average Bonchev–Trinajstić information content (AvgIpc) is 2.43. The molecule has 22 heavy (non-hydrogen) atoms. The lowest BCUT2D eigenvalue weighted by Gasteiger charge is -2.52. The van der Waals surface area contributed by atoms with Gasteiger partial charge in [0.25, 0.3) is 11.4 Å². The van der Waals surface area contributed by atoms with E-state index >= 15 is 0 Å². The molecule has 0 radical (unpaired) electrons. The summed E-state index contributed by atoms with van der Waals surface area (Å²) in [5.41, 5.74) is -2.64. The minimum Gasteiger partial charge on any atom is -0.442 e. The maximum absolute atomic E-state index is 12.1. The van der Waals surface area contributed by atoms with Crippen LogP contribution in [-0.4, -0.2) is 69.2 Å². The minimum atomic E-state index is -2.64. The summed E-state index contributed by atoms with van der Waals surface area (Å²) >= 11 is 2.54. The number of aliphatic hydroxyl groups is 3. The van der Waals surface area contributed by atoms with Gasteiger partial charge in [-0.25, -0.2) is 0 Å². The van der Waals surface area contributed by atoms with E-state index in [1.165, 1.54) is 0 Å². The molecule has 1 heterocycles. The van der Waals surface area contributed by atoms with Crippen LogP contribution in [0.25, 0.3) is 0 Å². The standard InChI is InChI=1S/C12H17BrO9/c1-5(15)11(20-7(3)17)10(19)9(18)8(4-14)21-12(11,22-13)6(2)16/h8-10,14,18-19H,4H2,1-3H3/t8-,9-,10+,11-,12-/m1/s1. The Morgan fingerprint density at radius 2 is 1.73 bits per heavy atom. The average molecular weight is 385 g/mol. The molecule has 3 N–H and O–H groups in total. The third kappa shape index (κ3) is 2.59. The van der Waals surface area contributed by atoms with Gasteiger partial charge in [0.05, 0.1) is 6.61 Å². The van der Waals surface area contributed by atoms with E-state index in [4.69, 9.17) is 13.3 Å². The van der Waals surface area contributed by atoms with Gasteiger partial charge in [0.2, 0.25) is 0 Å². The SMILES string of the molecule is CC(=O)O[C@]1(C(C)=O)[C@@H](O)[C@H](O)[C@@H](CO)O[C@@]1(OBr)C(C)=O. The number of esters is 1. The van der Waals surface area contributed by atoms with Gasteiger partial charge in [-0.15, -0.1) is 0 Å². The van der Waals surface area contributed by atoms with E-state index in [1.807, 2.05) is 0 Å². The molecule has 1 saturated heterocycles. The second kappa shape index (κ2) is 6.69. The van der Waals surface area contributed by atoms with E-state index in [2.05, 4.69) is 16.3 Å². The summed E-state index contributed by atoms with van der Waals surface area (Å²) in [6.07, 6.45) is -5.32. The molecule has 0 aromatic rings. The van der Waals surface area contributed by atoms with E-state index in [9.17, 15) is 29.7 Å². The van der Waals surface area contributed by atoms with Crippen LogP contribution in [0.3, 0.4) is 0 Å². The predicted octanol–water partition coefficient (Wildman–Crippen LogP) is -1.40. The maximum atomic E-state index is 12.1. The molecular formula is C12H17BrO9. The van der Waals surface area contributed by atoms with Gasteiger partial charge >= 0.3 is 5.97 Å². The number of hydrogen-bond donors (Lipinski definition) is 3. The molecular weight excluding hydrogens is 368 g/mol. The topological polar surface area (TPSA) is 140 Å². The monoisotopic (exact) mass is 384 g/mol. The van der Waals surface area contributed by atoms with Gasteiger partial charge in [-0.2, -0.15) is 0 Å². The number of carbonyl (C=O) groups is 3. The Morgan fingerprint density at radius 3 is 2.05 bits per heavy atom. The van der Waals surface area contributed by atoms with Gasteiger partial charge < -0.3 is 24.8 Å². The van der Waals surface area contributed by atoms with Gasteiger partial charge in [-0.05, 0) is 6.92 Å². The first-order valence-corrected chi connectivity index (χ1v) is 6.91. The molecule has 0 aromatic heterocycles. The number of ketones is 2. The molecule has 5 atom stereocenters. The molecule has 0 aromatic carbocycles. The quantitative estimate of drug-likeness (QED) is 0.488. The van der Waals surface area contributed by atoms with Gasteiger partial charge in [-0.3, -0.25) is 18.2 Å². The Hall–Kier alpha value is -0.910. The molecule has 1 aliphatic heterocycles. The van der Waals surface area contributed by atoms with E-state index in [0.29, 0.717) is 0 Å². The van der Waals surface area contributed by atoms with Crippen molar-refractivity contribution in [3.05, 3.63) is 0 Å². The summed E-state index contributed by atoms with van der Waals surface area (Å²) in [7, 11) is 0. The van der Waals surface area contributed by atoms with Crippen LogP contribution < -0.4 is 0 Å². The van der Waals surface area contributed by atoms with Crippen molar-refractivity contribution in [2.45, 2.75) is 50.5 Å². The van der Waals surface area contributed by atoms with Crippen LogP contribution in [0, 0.1) is 0 Å². The number of carbonyl (C=O) groups excluding carboxylic acids is 3. The molecule has 1 fully saturated rings. The Labute approximate surface area is 134 Å². The predicted molar refractivity (Wildman–Crippen MR) is 72.6 cm³/mol. The number of halogens is 1. The van der Waals surface area contributed by atoms with Gasteiger partial charge in [-0.1, -0.05) is 0 Å². The largest absolute Gasteiger partial charge is 0.442 e. The third-order valence-corrected chi connectivity index (χ3v) is 3.96. The van der Waals surface area contributed by atoms with Crippen molar-refractivity contribution < 1.29 is 43.0 Å². The number of aliphatic hydroxyl groups excluding tert-OH is 3. The molecule has 0 saturated carbocycles. The second-order valence-corrected chi connectivity index (χ2v) is 5.23. The normalized spacial score (nSPS) is 38.4. The summed E-state index contributed by atoms with van der Waals surface area (Å²) < 4.78 is 15.0. The molecule has 0 aliphatic carbocycles. The number of rotatable bonds is 5. The van der Waals surface area contributed by atoms with Crippen LogP contribution in [0.4, 0.5) is 0 Å². The fourth-order valence-electron chi connectivity index (χ4n) is 2.49. The number of Topliss-reactive ketones (excluding diaryl/α,β-unsaturated/α-hetero) is 2. The molecule has 10 heteroatoms. The molecule has 9 nitrogen and oxygen atoms in total. The van der Waals surface area contributed by atoms with Crippen molar-refractivity contribution in [1.29, 1.82) is 0 Å². The second-order valence-electron chi connectivity index (χ2n) is 4.91. The zero-order valence-electron chi connectivity index (χ0n) is 12.1. The summed E-state index contributed by atoms with van der Waals surface area (Å²) in [5.74, 6) is -5.50. The zero-order valence-corrected chi connectivity index (χ0v) is 13.7. The molecule has 0 unspecified atom stereocenters. The van der Waals surface area contributed by atoms with Crippen molar-refractivity contribution in [2.75, 3.05) is 6.61 Å². The third-order valence-electron chi connectivity index (χ3n) is 3.51. The number of ether oxygens (including phenoxy) is 2. The Kier molecular flexibility index (Phi) is 5.82. The van der Waals surface area contributed by atoms with Crippen LogP contribution >= 0.6 is 16.3 Å². The lowest BCUT2D eigenvalue weighted by atomic mass is 9.75. The maximum Gasteiger partial charge on any atom is 0.303 e. The first-order chi connectivity index (χ1) is 10.1. The Balaban J connectivity index is 3.65. The van der Waals surface area contributed by atoms with Crippen molar-refractivity contribution in [2.24, 2.45) is 0 Å². The summed E-state index contributed by atoms with van der Waals surface area (Å²) in [5, 5.41) is 29.5. The highest BCUT2D eigenvalue weighted by molar-refractivity contribution is 9.06. The lowest BCUT2D eigenvalue weighted by molar-refractivity contribution is -0.343. The molecule has 1 aliphatic rings. The Morgan fingerprint density at radius 1 is 1.18 bits per heavy atom. The van der Waals surface area contributed by atoms with E-state index in [0.717, 1.165) is 20.8 Å². The van der Waals surface area contributed by atoms with Gasteiger partial charge in [0.1, 0.15) is 34.6 Å². The number of hydrogen-bond acceptors (Lipinski definition) is 9. The highest BCUT2D eigenvalue weighted by Crippen LogP contribution is 2.44. The molecule has 1 rings (SSSR count). The highest BCUT2D eigenvalue weighted by atomic mass is 79.9. The van der Waals surface area contributed by atoms with Gasteiger partial charge in [0.15, 0.2) is 11.6 Å². The molecule has 0 amide bonds. The van der Waals surface area contributed by atoms with Crippen molar-refractivity contribution in [3.8, 4) is 0 Å². The van der Waals surface area contributed by atoms with E-state index < -0.39 is 53.8 Å². The van der Waals surface area contributed by atoms with Crippen LogP contribution in [0.5, 0.6) is 0 Å². The first-order valence-electron chi connectivity index (χ1n) is 6.27. The molecule has 0 spiro atoms.